The molecule has 142 valence electrons. The van der Waals surface area contributed by atoms with Crippen molar-refractivity contribution in [2.75, 3.05) is 0 Å². The van der Waals surface area contributed by atoms with Crippen molar-refractivity contribution in [3.63, 3.8) is 0 Å². The van der Waals surface area contributed by atoms with Gasteiger partial charge in [0.1, 0.15) is 5.60 Å². The van der Waals surface area contributed by atoms with E-state index in [1.807, 2.05) is 19.1 Å². The molecule has 1 aliphatic heterocycles. The van der Waals surface area contributed by atoms with Crippen LogP contribution in [0.4, 0.5) is 0 Å². The Balaban J connectivity index is 1.69. The molecule has 4 aliphatic carbocycles. The lowest BCUT2D eigenvalue weighted by Crippen LogP contribution is -2.47. The first kappa shape index (κ1) is 16.8. The number of hydrogen-bond donors (Lipinski definition) is 2. The minimum atomic E-state index is -0.853. The Kier molecular flexibility index (Phi) is 3.05. The number of fused-ring (bicyclic) bond motifs is 1. The molecule has 1 unspecified atom stereocenters. The smallest absolute Gasteiger partial charge is 0.316 e. The molecule has 1 spiro atoms. The molecule has 0 aromatic carbocycles. The predicted molar refractivity (Wildman–Crippen MR) is 93.0 cm³/mol. The number of ether oxygens (including phenoxy) is 1. The summed E-state index contributed by atoms with van der Waals surface area (Å²) >= 11 is 0. The summed E-state index contributed by atoms with van der Waals surface area (Å²) in [7, 11) is 0. The van der Waals surface area contributed by atoms with Crippen LogP contribution in [0.3, 0.4) is 0 Å². The molecular weight excluding hydrogens is 332 g/mol. The molecule has 26 heavy (non-hydrogen) atoms. The molecule has 5 aliphatic rings. The molecule has 0 aromatic rings. The van der Waals surface area contributed by atoms with Crippen LogP contribution < -0.4 is 0 Å². The van der Waals surface area contributed by atoms with Crippen LogP contribution in [0.2, 0.25) is 0 Å². The van der Waals surface area contributed by atoms with Crippen LogP contribution in [0.25, 0.3) is 0 Å². The van der Waals surface area contributed by atoms with Crippen LogP contribution in [-0.4, -0.2) is 33.4 Å². The summed E-state index contributed by atoms with van der Waals surface area (Å²) in [5, 5.41) is 21.6. The maximum Gasteiger partial charge on any atom is 0.316 e. The van der Waals surface area contributed by atoms with Gasteiger partial charge in [0.15, 0.2) is 0 Å². The Labute approximate surface area is 153 Å². The third kappa shape index (κ3) is 1.59. The number of hydrogen-bond acceptors (Lipinski definition) is 4. The molecule has 3 saturated carbocycles. The maximum absolute atomic E-state index is 12.7. The zero-order chi connectivity index (χ0) is 18.5. The van der Waals surface area contributed by atoms with Gasteiger partial charge in [-0.05, 0) is 50.4 Å². The third-order valence-corrected chi connectivity index (χ3v) is 8.82. The van der Waals surface area contributed by atoms with Gasteiger partial charge in [0.25, 0.3) is 0 Å². The van der Waals surface area contributed by atoms with Gasteiger partial charge in [-0.3, -0.25) is 9.59 Å². The van der Waals surface area contributed by atoms with Gasteiger partial charge >= 0.3 is 11.9 Å². The monoisotopic (exact) mass is 360 g/mol. The number of aliphatic hydroxyl groups is 1. The number of carboxylic acid groups (broad SMARTS) is 1. The highest BCUT2D eigenvalue weighted by Crippen LogP contribution is 2.78. The van der Waals surface area contributed by atoms with Gasteiger partial charge in [0.05, 0.1) is 16.9 Å². The first-order valence-electron chi connectivity index (χ1n) is 10.1. The van der Waals surface area contributed by atoms with E-state index in [4.69, 9.17) is 4.74 Å². The summed E-state index contributed by atoms with van der Waals surface area (Å²) in [6.45, 7) is 3.98. The number of carbonyl (C=O) groups is 2. The molecule has 5 heteroatoms. The summed E-state index contributed by atoms with van der Waals surface area (Å²) in [5.41, 5.74) is -2.74. The Hall–Kier alpha value is -1.36. The molecule has 1 saturated heterocycles. The van der Waals surface area contributed by atoms with Gasteiger partial charge < -0.3 is 14.9 Å². The van der Waals surface area contributed by atoms with E-state index in [-0.39, 0.29) is 23.7 Å². The fourth-order valence-electron chi connectivity index (χ4n) is 8.17. The van der Waals surface area contributed by atoms with Gasteiger partial charge in [-0.25, -0.2) is 0 Å². The molecule has 0 amide bonds. The van der Waals surface area contributed by atoms with Crippen molar-refractivity contribution in [1.29, 1.82) is 0 Å². The average Bonchev–Trinajstić information content (AvgIpc) is 2.97. The molecule has 1 heterocycles. The van der Waals surface area contributed by atoms with E-state index >= 15 is 0 Å². The number of carboxylic acids is 1. The molecule has 5 rings (SSSR count). The first-order chi connectivity index (χ1) is 12.2. The zero-order valence-corrected chi connectivity index (χ0v) is 15.5. The third-order valence-electron chi connectivity index (χ3n) is 8.82. The minimum Gasteiger partial charge on any atom is -0.481 e. The Morgan fingerprint density at radius 2 is 2.19 bits per heavy atom. The quantitative estimate of drug-likeness (QED) is 0.597. The van der Waals surface area contributed by atoms with E-state index < -0.39 is 33.9 Å². The van der Waals surface area contributed by atoms with E-state index in [1.54, 1.807) is 0 Å². The van der Waals surface area contributed by atoms with Crippen molar-refractivity contribution in [2.24, 2.45) is 34.5 Å². The molecule has 2 N–H and O–H groups in total. The van der Waals surface area contributed by atoms with E-state index in [1.165, 1.54) is 0 Å². The number of rotatable bonds is 3. The lowest BCUT2D eigenvalue weighted by atomic mass is 9.62. The van der Waals surface area contributed by atoms with Crippen LogP contribution in [-0.2, 0) is 14.3 Å². The molecule has 4 fully saturated rings. The average molecular weight is 360 g/mol. The van der Waals surface area contributed by atoms with Crippen molar-refractivity contribution in [1.82, 2.24) is 0 Å². The largest absolute Gasteiger partial charge is 0.481 e. The van der Waals surface area contributed by atoms with Gasteiger partial charge in [-0.15, -0.1) is 0 Å². The first-order valence-corrected chi connectivity index (χ1v) is 10.1. The topological polar surface area (TPSA) is 83.8 Å². The second-order valence-corrected chi connectivity index (χ2v) is 9.82. The van der Waals surface area contributed by atoms with E-state index in [9.17, 15) is 19.8 Å². The van der Waals surface area contributed by atoms with Crippen molar-refractivity contribution in [2.45, 2.75) is 70.0 Å². The van der Waals surface area contributed by atoms with Crippen LogP contribution in [0.15, 0.2) is 12.2 Å². The summed E-state index contributed by atoms with van der Waals surface area (Å²) < 4.78 is 6.08. The van der Waals surface area contributed by atoms with Crippen molar-refractivity contribution in [3.05, 3.63) is 12.2 Å². The summed E-state index contributed by atoms with van der Waals surface area (Å²) in [4.78, 5) is 25.3. The highest BCUT2D eigenvalue weighted by atomic mass is 16.6. The standard InChI is InChI=1S/C21H28O5/c1-3-5-12-10-19-11-20(12,25)9-6-13(19)21-8-4-7-18(2,17(24)26-21)15(21)14(19)16(22)23/h4,7,12-15,25H,3,5-6,8-11H2,1-2H3,(H,22,23)/t12-,13+,14+,15+,18+,19-,20-,21?/m0/s1. The minimum absolute atomic E-state index is 0.0407. The lowest BCUT2D eigenvalue weighted by Gasteiger charge is -2.45. The zero-order valence-electron chi connectivity index (χ0n) is 15.5. The Morgan fingerprint density at radius 1 is 1.42 bits per heavy atom. The predicted octanol–water partition coefficient (Wildman–Crippen LogP) is 2.92. The van der Waals surface area contributed by atoms with Crippen LogP contribution in [0.5, 0.6) is 0 Å². The van der Waals surface area contributed by atoms with Crippen molar-refractivity contribution < 1.29 is 24.5 Å². The van der Waals surface area contributed by atoms with Gasteiger partial charge in [-0.1, -0.05) is 25.5 Å². The summed E-state index contributed by atoms with van der Waals surface area (Å²) in [6.07, 6.45) is 9.23. The van der Waals surface area contributed by atoms with E-state index in [0.29, 0.717) is 19.3 Å². The Morgan fingerprint density at radius 3 is 2.88 bits per heavy atom. The van der Waals surface area contributed by atoms with Gasteiger partial charge in [-0.2, -0.15) is 0 Å². The molecule has 4 bridgehead atoms. The molecule has 0 aromatic heterocycles. The fourth-order valence-corrected chi connectivity index (χ4v) is 8.17. The number of carbonyl (C=O) groups excluding carboxylic acids is 1. The van der Waals surface area contributed by atoms with Crippen LogP contribution in [0, 0.1) is 34.5 Å². The second kappa shape index (κ2) is 4.73. The van der Waals surface area contributed by atoms with E-state index in [2.05, 4.69) is 6.92 Å². The van der Waals surface area contributed by atoms with Crippen LogP contribution >= 0.6 is 0 Å². The lowest BCUT2D eigenvalue weighted by molar-refractivity contribution is -0.162. The van der Waals surface area contributed by atoms with Crippen molar-refractivity contribution in [3.8, 4) is 0 Å². The number of esters is 1. The molecule has 5 nitrogen and oxygen atoms in total. The SMILES string of the molecule is CCC[C@H]1C[C@]23C[C@@]1(O)CC[C@H]2C12CC=C[C@@](C)(C(=O)O1)[C@H]2[C@@H]3C(=O)O. The highest BCUT2D eigenvalue weighted by molar-refractivity contribution is 5.86. The van der Waals surface area contributed by atoms with Crippen LogP contribution in [0.1, 0.15) is 58.8 Å². The summed E-state index contributed by atoms with van der Waals surface area (Å²) in [6, 6.07) is 0. The second-order valence-electron chi connectivity index (χ2n) is 9.82. The number of aliphatic carboxylic acids is 1. The summed E-state index contributed by atoms with van der Waals surface area (Å²) in [5.74, 6) is -1.82. The highest BCUT2D eigenvalue weighted by Gasteiger charge is 2.82. The molecular formula is C21H28O5. The van der Waals surface area contributed by atoms with Crippen molar-refractivity contribution >= 4 is 11.9 Å². The molecule has 8 atom stereocenters. The fraction of sp³-hybridized carbons (Fsp3) is 0.810. The maximum atomic E-state index is 12.7. The normalized spacial score (nSPS) is 56.2. The van der Waals surface area contributed by atoms with Gasteiger partial charge in [0.2, 0.25) is 0 Å². The Bertz CT molecular complexity index is 730. The van der Waals surface area contributed by atoms with Gasteiger partial charge in [0, 0.05) is 18.3 Å². The van der Waals surface area contributed by atoms with E-state index in [0.717, 1.165) is 25.7 Å². The molecule has 0 radical (unpaired) electrons.